The smallest absolute Gasteiger partial charge is 0.270 e. The summed E-state index contributed by atoms with van der Waals surface area (Å²) in [5.41, 5.74) is 1.30. The number of nitrogens with zero attached hydrogens (tertiary/aromatic N) is 1. The van der Waals surface area contributed by atoms with Crippen molar-refractivity contribution in [2.75, 3.05) is 23.9 Å². The number of carbonyl (C=O) groups is 1. The van der Waals surface area contributed by atoms with Gasteiger partial charge in [0.15, 0.2) is 0 Å². The third-order valence-electron chi connectivity index (χ3n) is 2.79. The minimum Gasteiger partial charge on any atom is -0.385 e. The molecule has 2 atom stereocenters. The molecule has 0 aromatic carbocycles. The third kappa shape index (κ3) is 6.14. The largest absolute Gasteiger partial charge is 0.385 e. The van der Waals surface area contributed by atoms with Crippen LogP contribution in [0.3, 0.4) is 0 Å². The first-order valence-electron chi connectivity index (χ1n) is 6.83. The Morgan fingerprint density at radius 3 is 2.90 bits per heavy atom. The predicted octanol–water partition coefficient (Wildman–Crippen LogP) is 1.79. The van der Waals surface area contributed by atoms with E-state index in [4.69, 9.17) is 0 Å². The maximum absolute atomic E-state index is 12.0. The van der Waals surface area contributed by atoms with Crippen LogP contribution in [-0.2, 0) is 10.8 Å². The molecule has 0 aliphatic rings. The first-order valence-corrected chi connectivity index (χ1v) is 8.56. The van der Waals surface area contributed by atoms with Crippen molar-refractivity contribution in [3.8, 4) is 0 Å². The quantitative estimate of drug-likeness (QED) is 0.767. The summed E-state index contributed by atoms with van der Waals surface area (Å²) < 4.78 is 11.0. The Balaban J connectivity index is 2.56. The lowest BCUT2D eigenvalue weighted by Gasteiger charge is -2.13. The number of carbonyl (C=O) groups excluding carboxylic acids is 1. The number of aromatic nitrogens is 1. The molecule has 0 saturated carbocycles. The molecule has 1 aromatic heterocycles. The zero-order valence-corrected chi connectivity index (χ0v) is 13.1. The van der Waals surface area contributed by atoms with Crippen molar-refractivity contribution in [2.24, 2.45) is 0 Å². The van der Waals surface area contributed by atoms with E-state index in [1.807, 2.05) is 13.0 Å². The van der Waals surface area contributed by atoms with E-state index in [-0.39, 0.29) is 11.9 Å². The maximum atomic E-state index is 12.0. The fourth-order valence-electron chi connectivity index (χ4n) is 1.65. The summed E-state index contributed by atoms with van der Waals surface area (Å²) in [5, 5.41) is 6.09. The summed E-state index contributed by atoms with van der Waals surface area (Å²) in [5.74, 6) is 0.395. The van der Waals surface area contributed by atoms with E-state index in [1.54, 1.807) is 18.5 Å². The summed E-state index contributed by atoms with van der Waals surface area (Å²) in [6, 6.07) is 3.58. The van der Waals surface area contributed by atoms with Gasteiger partial charge in [-0.2, -0.15) is 0 Å². The number of nitrogens with one attached hydrogen (secondary N) is 2. The minimum atomic E-state index is -0.830. The normalized spacial score (nSPS) is 13.6. The van der Waals surface area contributed by atoms with Crippen LogP contribution in [0.4, 0.5) is 5.69 Å². The molecular weight excluding hydrogens is 274 g/mol. The Morgan fingerprint density at radius 1 is 1.50 bits per heavy atom. The molecule has 20 heavy (non-hydrogen) atoms. The van der Waals surface area contributed by atoms with Crippen molar-refractivity contribution in [1.82, 2.24) is 10.3 Å². The molecule has 0 radical (unpaired) electrons. The molecule has 1 aromatic rings. The molecule has 2 N–H and O–H groups in total. The number of hydrogen-bond donors (Lipinski definition) is 2. The molecule has 112 valence electrons. The van der Waals surface area contributed by atoms with Gasteiger partial charge in [0.1, 0.15) is 5.69 Å². The Hall–Kier alpha value is -1.43. The Labute approximate surface area is 123 Å². The third-order valence-corrected chi connectivity index (χ3v) is 3.60. The van der Waals surface area contributed by atoms with Gasteiger partial charge >= 0.3 is 0 Å². The highest BCUT2D eigenvalue weighted by atomic mass is 32.2. The van der Waals surface area contributed by atoms with E-state index < -0.39 is 10.8 Å². The molecule has 0 aliphatic carbocycles. The van der Waals surface area contributed by atoms with Gasteiger partial charge in [-0.05, 0) is 31.9 Å². The van der Waals surface area contributed by atoms with Crippen molar-refractivity contribution in [3.63, 3.8) is 0 Å². The Bertz CT molecular complexity index is 465. The Morgan fingerprint density at radius 2 is 2.25 bits per heavy atom. The van der Waals surface area contributed by atoms with Crippen LogP contribution < -0.4 is 10.6 Å². The first kappa shape index (κ1) is 16.6. The van der Waals surface area contributed by atoms with E-state index in [9.17, 15) is 9.00 Å². The van der Waals surface area contributed by atoms with Gasteiger partial charge in [-0.3, -0.25) is 14.0 Å². The second-order valence-corrected chi connectivity index (χ2v) is 6.35. The number of amides is 1. The SMILES string of the molecule is CCCNc1ccnc(C(=O)NC(C)CCS(C)=O)c1. The maximum Gasteiger partial charge on any atom is 0.270 e. The summed E-state index contributed by atoms with van der Waals surface area (Å²) >= 11 is 0. The second-order valence-electron chi connectivity index (χ2n) is 4.80. The average molecular weight is 297 g/mol. The lowest BCUT2D eigenvalue weighted by molar-refractivity contribution is 0.0934. The molecule has 2 unspecified atom stereocenters. The van der Waals surface area contributed by atoms with Gasteiger partial charge in [0, 0.05) is 47.3 Å². The second kappa shape index (κ2) is 8.68. The fourth-order valence-corrected chi connectivity index (χ4v) is 2.33. The van der Waals surface area contributed by atoms with Crippen LogP contribution in [0.2, 0.25) is 0 Å². The van der Waals surface area contributed by atoms with Gasteiger partial charge < -0.3 is 10.6 Å². The van der Waals surface area contributed by atoms with Gasteiger partial charge in [-0.15, -0.1) is 0 Å². The number of anilines is 1. The van der Waals surface area contributed by atoms with Crippen LogP contribution in [0.1, 0.15) is 37.2 Å². The van der Waals surface area contributed by atoms with Gasteiger partial charge in [0.25, 0.3) is 5.91 Å². The van der Waals surface area contributed by atoms with Gasteiger partial charge in [0.05, 0.1) is 0 Å². The van der Waals surface area contributed by atoms with Gasteiger partial charge in [0.2, 0.25) is 0 Å². The standard InChI is InChI=1S/C14H23N3O2S/c1-4-7-15-12-5-8-16-13(10-12)14(18)17-11(2)6-9-20(3)19/h5,8,10-11H,4,6-7,9H2,1-3H3,(H,15,16)(H,17,18). The lowest BCUT2D eigenvalue weighted by Crippen LogP contribution is -2.34. The summed E-state index contributed by atoms with van der Waals surface area (Å²) in [6.45, 7) is 4.86. The van der Waals surface area contributed by atoms with Crippen LogP contribution in [-0.4, -0.2) is 39.7 Å². The molecule has 0 bridgehead atoms. The average Bonchev–Trinajstić information content (AvgIpc) is 2.43. The summed E-state index contributed by atoms with van der Waals surface area (Å²) in [6.07, 6.45) is 5.01. The van der Waals surface area contributed by atoms with Crippen LogP contribution in [0.15, 0.2) is 18.3 Å². The molecule has 1 heterocycles. The molecule has 5 nitrogen and oxygen atoms in total. The number of pyridine rings is 1. The Kier molecular flexibility index (Phi) is 7.22. The van der Waals surface area contributed by atoms with Crippen molar-refractivity contribution in [3.05, 3.63) is 24.0 Å². The summed E-state index contributed by atoms with van der Waals surface area (Å²) in [7, 11) is -0.830. The highest BCUT2D eigenvalue weighted by molar-refractivity contribution is 7.84. The van der Waals surface area contributed by atoms with Crippen LogP contribution in [0.5, 0.6) is 0 Å². The topological polar surface area (TPSA) is 71.1 Å². The van der Waals surface area contributed by atoms with E-state index in [0.29, 0.717) is 17.9 Å². The zero-order chi connectivity index (χ0) is 15.0. The molecule has 0 fully saturated rings. The van der Waals surface area contributed by atoms with Crippen molar-refractivity contribution >= 4 is 22.4 Å². The van der Waals surface area contributed by atoms with Crippen LogP contribution >= 0.6 is 0 Å². The van der Waals surface area contributed by atoms with E-state index >= 15 is 0 Å². The molecule has 0 saturated heterocycles. The van der Waals surface area contributed by atoms with E-state index in [0.717, 1.165) is 18.7 Å². The molecule has 1 rings (SSSR count). The van der Waals surface area contributed by atoms with Gasteiger partial charge in [-0.25, -0.2) is 0 Å². The van der Waals surface area contributed by atoms with Gasteiger partial charge in [-0.1, -0.05) is 6.92 Å². The van der Waals surface area contributed by atoms with E-state index in [2.05, 4.69) is 22.5 Å². The highest BCUT2D eigenvalue weighted by Crippen LogP contribution is 2.08. The molecule has 6 heteroatoms. The van der Waals surface area contributed by atoms with Crippen LogP contribution in [0.25, 0.3) is 0 Å². The molecule has 0 spiro atoms. The summed E-state index contributed by atoms with van der Waals surface area (Å²) in [4.78, 5) is 16.1. The number of hydrogen-bond acceptors (Lipinski definition) is 4. The first-order chi connectivity index (χ1) is 9.52. The zero-order valence-electron chi connectivity index (χ0n) is 12.3. The van der Waals surface area contributed by atoms with Crippen LogP contribution in [0, 0.1) is 0 Å². The van der Waals surface area contributed by atoms with Crippen molar-refractivity contribution < 1.29 is 9.00 Å². The minimum absolute atomic E-state index is 0.0135. The van der Waals surface area contributed by atoms with E-state index in [1.165, 1.54) is 0 Å². The fraction of sp³-hybridized carbons (Fsp3) is 0.571. The number of rotatable bonds is 8. The van der Waals surface area contributed by atoms with Crippen molar-refractivity contribution in [1.29, 1.82) is 0 Å². The predicted molar refractivity (Wildman–Crippen MR) is 83.5 cm³/mol. The van der Waals surface area contributed by atoms with Crippen molar-refractivity contribution in [2.45, 2.75) is 32.7 Å². The molecule has 1 amide bonds. The lowest BCUT2D eigenvalue weighted by atomic mass is 10.2. The highest BCUT2D eigenvalue weighted by Gasteiger charge is 2.11. The monoisotopic (exact) mass is 297 g/mol. The molecule has 0 aliphatic heterocycles. The molecular formula is C14H23N3O2S.